The first-order valence-corrected chi connectivity index (χ1v) is 10.7. The summed E-state index contributed by atoms with van der Waals surface area (Å²) < 4.78 is 27.0. The van der Waals surface area contributed by atoms with Crippen molar-refractivity contribution in [3.05, 3.63) is 83.4 Å². The van der Waals surface area contributed by atoms with E-state index in [9.17, 15) is 8.78 Å². The van der Waals surface area contributed by atoms with Crippen molar-refractivity contribution in [2.24, 2.45) is 9.98 Å². The summed E-state index contributed by atoms with van der Waals surface area (Å²) in [6.45, 7) is 1.72. The van der Waals surface area contributed by atoms with Crippen LogP contribution in [0.2, 0.25) is 0 Å². The molecule has 1 unspecified atom stereocenters. The van der Waals surface area contributed by atoms with Gasteiger partial charge in [0.25, 0.3) is 0 Å². The lowest BCUT2D eigenvalue weighted by Gasteiger charge is -2.30. The molecule has 0 saturated carbocycles. The van der Waals surface area contributed by atoms with Gasteiger partial charge in [-0.1, -0.05) is 24.3 Å². The Morgan fingerprint density at radius 2 is 1.57 bits per heavy atom. The van der Waals surface area contributed by atoms with Crippen molar-refractivity contribution in [3.8, 4) is 0 Å². The Labute approximate surface area is 176 Å². The van der Waals surface area contributed by atoms with Gasteiger partial charge in [0, 0.05) is 25.2 Å². The van der Waals surface area contributed by atoms with E-state index in [1.54, 1.807) is 0 Å². The molecule has 0 aliphatic carbocycles. The molecule has 4 rings (SSSR count). The highest BCUT2D eigenvalue weighted by Gasteiger charge is 2.35. The Kier molecular flexibility index (Phi) is 6.36. The highest BCUT2D eigenvalue weighted by Crippen LogP contribution is 2.35. The van der Waals surface area contributed by atoms with Crippen molar-refractivity contribution in [2.45, 2.75) is 43.6 Å². The first-order chi connectivity index (χ1) is 14.7. The minimum absolute atomic E-state index is 0.0152. The van der Waals surface area contributed by atoms with Gasteiger partial charge in [-0.2, -0.15) is 0 Å². The van der Waals surface area contributed by atoms with Gasteiger partial charge in [-0.25, -0.2) is 8.78 Å². The molecule has 3 nitrogen and oxygen atoms in total. The normalized spacial score (nSPS) is 21.2. The predicted molar refractivity (Wildman–Crippen MR) is 118 cm³/mol. The van der Waals surface area contributed by atoms with Crippen LogP contribution in [-0.4, -0.2) is 30.7 Å². The van der Waals surface area contributed by atoms with Crippen LogP contribution in [0.15, 0.2) is 70.7 Å². The van der Waals surface area contributed by atoms with Crippen LogP contribution in [0.25, 0.3) is 0 Å². The number of halogens is 2. The third-order valence-corrected chi connectivity index (χ3v) is 5.93. The summed E-state index contributed by atoms with van der Waals surface area (Å²) in [5.41, 5.74) is 1.53. The molecule has 1 atom stereocenters. The highest BCUT2D eigenvalue weighted by molar-refractivity contribution is 5.98. The second-order valence-corrected chi connectivity index (χ2v) is 7.97. The topological polar surface area (TPSA) is 36.8 Å². The molecular weight excluding hydrogens is 380 g/mol. The van der Waals surface area contributed by atoms with Gasteiger partial charge >= 0.3 is 0 Å². The molecule has 0 amide bonds. The van der Waals surface area contributed by atoms with E-state index in [0.29, 0.717) is 0 Å². The first-order valence-electron chi connectivity index (χ1n) is 10.7. The van der Waals surface area contributed by atoms with Gasteiger partial charge in [-0.15, -0.1) is 0 Å². The third kappa shape index (κ3) is 4.66. The SMILES string of the molecule is Fc1ccc(C(CCC2(C3=NCCCCCN3)C=CC=N2)c2ccc(F)cc2)cc1. The number of hydrogen-bond acceptors (Lipinski definition) is 3. The van der Waals surface area contributed by atoms with Crippen molar-refractivity contribution < 1.29 is 8.78 Å². The Bertz CT molecular complexity index is 872. The monoisotopic (exact) mass is 407 g/mol. The van der Waals surface area contributed by atoms with Crippen LogP contribution in [0.5, 0.6) is 0 Å². The second-order valence-electron chi connectivity index (χ2n) is 7.97. The summed E-state index contributed by atoms with van der Waals surface area (Å²) in [6.07, 6.45) is 10.9. The number of benzene rings is 2. The lowest BCUT2D eigenvalue weighted by molar-refractivity contribution is 0.539. The number of allylic oxidation sites excluding steroid dienone is 1. The molecule has 2 aromatic carbocycles. The summed E-state index contributed by atoms with van der Waals surface area (Å²) in [7, 11) is 0. The Hall–Kier alpha value is -2.82. The van der Waals surface area contributed by atoms with Crippen molar-refractivity contribution in [3.63, 3.8) is 0 Å². The molecule has 156 valence electrons. The number of nitrogens with zero attached hydrogens (tertiary/aromatic N) is 2. The largest absolute Gasteiger partial charge is 0.372 e. The maximum absolute atomic E-state index is 13.5. The average molecular weight is 408 g/mol. The summed E-state index contributed by atoms with van der Waals surface area (Å²) >= 11 is 0. The van der Waals surface area contributed by atoms with Gasteiger partial charge in [0.2, 0.25) is 0 Å². The summed E-state index contributed by atoms with van der Waals surface area (Å²) in [4.78, 5) is 9.63. The molecule has 2 aliphatic heterocycles. The molecule has 2 aliphatic rings. The van der Waals surface area contributed by atoms with Gasteiger partial charge in [0.05, 0.1) is 0 Å². The Balaban J connectivity index is 1.61. The van der Waals surface area contributed by atoms with Crippen LogP contribution < -0.4 is 5.32 Å². The number of hydrogen-bond donors (Lipinski definition) is 1. The van der Waals surface area contributed by atoms with Crippen molar-refractivity contribution >= 4 is 12.1 Å². The van der Waals surface area contributed by atoms with Gasteiger partial charge in [-0.05, 0) is 79.6 Å². The zero-order chi connectivity index (χ0) is 20.8. The van der Waals surface area contributed by atoms with Crippen LogP contribution >= 0.6 is 0 Å². The molecule has 1 N–H and O–H groups in total. The standard InChI is InChI=1S/C25H27F2N3/c26-21-9-5-19(6-10-21)23(20-7-11-22(27)12-8-20)13-15-25(14-4-18-30-25)24-28-16-2-1-3-17-29-24/h4-12,14,18,23H,1-3,13,15-17H2,(H,28,29). The fourth-order valence-electron chi connectivity index (χ4n) is 4.27. The van der Waals surface area contributed by atoms with E-state index in [1.165, 1.54) is 30.7 Å². The van der Waals surface area contributed by atoms with Crippen molar-refractivity contribution in [2.75, 3.05) is 13.1 Å². The predicted octanol–water partition coefficient (Wildman–Crippen LogP) is 5.43. The van der Waals surface area contributed by atoms with E-state index in [-0.39, 0.29) is 17.6 Å². The molecular formula is C25H27F2N3. The first kappa shape index (κ1) is 20.5. The number of aliphatic imine (C=N–C) groups is 2. The van der Waals surface area contributed by atoms with Crippen molar-refractivity contribution in [1.29, 1.82) is 0 Å². The molecule has 30 heavy (non-hydrogen) atoms. The van der Waals surface area contributed by atoms with E-state index in [1.807, 2.05) is 36.6 Å². The van der Waals surface area contributed by atoms with Gasteiger partial charge in [0.1, 0.15) is 23.0 Å². The van der Waals surface area contributed by atoms with E-state index < -0.39 is 5.54 Å². The van der Waals surface area contributed by atoms with Crippen LogP contribution in [-0.2, 0) is 0 Å². The fraction of sp³-hybridized carbons (Fsp3) is 0.360. The lowest BCUT2D eigenvalue weighted by Crippen LogP contribution is -2.44. The van der Waals surface area contributed by atoms with Crippen LogP contribution in [0.3, 0.4) is 0 Å². The van der Waals surface area contributed by atoms with Gasteiger partial charge < -0.3 is 5.32 Å². The number of amidine groups is 1. The van der Waals surface area contributed by atoms with E-state index in [4.69, 9.17) is 9.98 Å². The molecule has 0 fully saturated rings. The second kappa shape index (κ2) is 9.33. The van der Waals surface area contributed by atoms with Crippen molar-refractivity contribution in [1.82, 2.24) is 5.32 Å². The Morgan fingerprint density at radius 1 is 0.900 bits per heavy atom. The quantitative estimate of drug-likeness (QED) is 0.681. The van der Waals surface area contributed by atoms with Crippen LogP contribution in [0.1, 0.15) is 49.1 Å². The van der Waals surface area contributed by atoms with Gasteiger partial charge in [0.15, 0.2) is 0 Å². The van der Waals surface area contributed by atoms with E-state index in [2.05, 4.69) is 11.4 Å². The zero-order valence-corrected chi connectivity index (χ0v) is 17.0. The maximum atomic E-state index is 13.5. The molecule has 0 saturated heterocycles. The van der Waals surface area contributed by atoms with E-state index >= 15 is 0 Å². The fourth-order valence-corrected chi connectivity index (χ4v) is 4.27. The maximum Gasteiger partial charge on any atom is 0.136 e. The zero-order valence-electron chi connectivity index (χ0n) is 17.0. The minimum atomic E-state index is -0.490. The lowest BCUT2D eigenvalue weighted by atomic mass is 9.82. The minimum Gasteiger partial charge on any atom is -0.372 e. The third-order valence-electron chi connectivity index (χ3n) is 5.93. The summed E-state index contributed by atoms with van der Waals surface area (Å²) in [5, 5.41) is 3.51. The van der Waals surface area contributed by atoms with E-state index in [0.717, 1.165) is 55.7 Å². The Morgan fingerprint density at radius 3 is 2.17 bits per heavy atom. The smallest absolute Gasteiger partial charge is 0.136 e. The molecule has 2 aromatic rings. The summed E-state index contributed by atoms with van der Waals surface area (Å²) in [5.74, 6) is 0.430. The van der Waals surface area contributed by atoms with Crippen LogP contribution in [0, 0.1) is 11.6 Å². The highest BCUT2D eigenvalue weighted by atomic mass is 19.1. The number of nitrogens with one attached hydrogen (secondary N) is 1. The average Bonchev–Trinajstić information content (AvgIpc) is 3.20. The molecule has 0 bridgehead atoms. The molecule has 2 heterocycles. The molecule has 0 spiro atoms. The molecule has 0 radical (unpaired) electrons. The number of rotatable bonds is 6. The van der Waals surface area contributed by atoms with Crippen LogP contribution in [0.4, 0.5) is 8.78 Å². The molecule has 0 aromatic heterocycles. The summed E-state index contributed by atoms with van der Waals surface area (Å²) in [6, 6.07) is 13.2. The molecule has 5 heteroatoms. The van der Waals surface area contributed by atoms with Gasteiger partial charge in [-0.3, -0.25) is 9.98 Å².